The van der Waals surface area contributed by atoms with E-state index in [1.807, 2.05) is 78.9 Å². The molecule has 0 fully saturated rings. The molecule has 0 unspecified atom stereocenters. The van der Waals surface area contributed by atoms with Crippen LogP contribution in [0.4, 0.5) is 28.4 Å². The highest BCUT2D eigenvalue weighted by Gasteiger charge is 2.03. The van der Waals surface area contributed by atoms with Crippen LogP contribution in [-0.2, 0) is 0 Å². The first-order valence-electron chi connectivity index (χ1n) is 7.00. The summed E-state index contributed by atoms with van der Waals surface area (Å²) in [7, 11) is 0. The highest BCUT2D eigenvalue weighted by atomic mass is 15.1. The molecule has 0 amide bonds. The van der Waals surface area contributed by atoms with E-state index in [0.717, 1.165) is 22.7 Å². The number of hydrogen-bond donors (Lipinski definition) is 2. The molecule has 0 saturated carbocycles. The number of nitrogen functional groups attached to an aromatic ring is 1. The Morgan fingerprint density at radius 1 is 0.636 bits per heavy atom. The van der Waals surface area contributed by atoms with Gasteiger partial charge in [0.25, 0.3) is 0 Å². The summed E-state index contributed by atoms with van der Waals surface area (Å²) in [6.07, 6.45) is 0. The molecule has 3 aromatic carbocycles. The lowest BCUT2D eigenvalue weighted by atomic mass is 10.2. The zero-order valence-electron chi connectivity index (χ0n) is 12.0. The van der Waals surface area contributed by atoms with E-state index in [1.54, 1.807) is 0 Å². The maximum Gasteiger partial charge on any atom is 0.109 e. The topological polar surface area (TPSA) is 62.8 Å². The fourth-order valence-corrected chi connectivity index (χ4v) is 2.03. The highest BCUT2D eigenvalue weighted by molar-refractivity contribution is 5.77. The monoisotopic (exact) mass is 288 g/mol. The predicted molar refractivity (Wildman–Crippen MR) is 91.2 cm³/mol. The second-order valence-electron chi connectivity index (χ2n) is 4.76. The minimum atomic E-state index is 0.692. The van der Waals surface area contributed by atoms with Crippen molar-refractivity contribution in [2.75, 3.05) is 11.1 Å². The summed E-state index contributed by atoms with van der Waals surface area (Å²) in [5.41, 5.74) is 9.95. The van der Waals surface area contributed by atoms with Crippen LogP contribution >= 0.6 is 0 Å². The Balaban J connectivity index is 1.87. The van der Waals surface area contributed by atoms with Crippen LogP contribution in [0.2, 0.25) is 0 Å². The lowest BCUT2D eigenvalue weighted by Gasteiger charge is -2.10. The standard InChI is InChI=1S/C18H16N4/c19-15-10-4-5-11-16(15)20-17-12-6-7-13-18(17)22-21-14-8-2-1-3-9-14/h1-13,20H,19H2. The predicted octanol–water partition coefficient (Wildman–Crippen LogP) is 5.43. The number of hydrogen-bond acceptors (Lipinski definition) is 4. The Kier molecular flexibility index (Phi) is 4.11. The molecule has 3 aromatic rings. The summed E-state index contributed by atoms with van der Waals surface area (Å²) in [6, 6.07) is 25.0. The van der Waals surface area contributed by atoms with Crippen LogP contribution in [0.1, 0.15) is 0 Å². The van der Waals surface area contributed by atoms with Crippen molar-refractivity contribution in [3.8, 4) is 0 Å². The molecule has 108 valence electrons. The molecule has 4 heteroatoms. The number of para-hydroxylation sites is 3. The van der Waals surface area contributed by atoms with Gasteiger partial charge in [0, 0.05) is 0 Å². The van der Waals surface area contributed by atoms with Crippen LogP contribution < -0.4 is 11.1 Å². The van der Waals surface area contributed by atoms with E-state index in [2.05, 4.69) is 15.5 Å². The van der Waals surface area contributed by atoms with Crippen molar-refractivity contribution in [1.29, 1.82) is 0 Å². The molecular weight excluding hydrogens is 272 g/mol. The number of nitrogens with one attached hydrogen (secondary N) is 1. The van der Waals surface area contributed by atoms with Gasteiger partial charge in [0.05, 0.1) is 22.7 Å². The van der Waals surface area contributed by atoms with Gasteiger partial charge in [-0.3, -0.25) is 0 Å². The molecule has 0 atom stereocenters. The number of nitrogens with two attached hydrogens (primary N) is 1. The molecule has 22 heavy (non-hydrogen) atoms. The van der Waals surface area contributed by atoms with Gasteiger partial charge in [-0.2, -0.15) is 5.11 Å². The zero-order valence-corrected chi connectivity index (χ0v) is 12.0. The van der Waals surface area contributed by atoms with Gasteiger partial charge in [0.1, 0.15) is 5.69 Å². The van der Waals surface area contributed by atoms with Crippen LogP contribution in [0.3, 0.4) is 0 Å². The quantitative estimate of drug-likeness (QED) is 0.497. The zero-order chi connectivity index (χ0) is 15.2. The van der Waals surface area contributed by atoms with Crippen LogP contribution in [0.5, 0.6) is 0 Å². The lowest BCUT2D eigenvalue weighted by Crippen LogP contribution is -1.95. The van der Waals surface area contributed by atoms with Crippen molar-refractivity contribution in [3.05, 3.63) is 78.9 Å². The fourth-order valence-electron chi connectivity index (χ4n) is 2.03. The number of nitrogens with zero attached hydrogens (tertiary/aromatic N) is 2. The minimum Gasteiger partial charge on any atom is -0.397 e. The van der Waals surface area contributed by atoms with Crippen LogP contribution in [0.25, 0.3) is 0 Å². The third-order valence-electron chi connectivity index (χ3n) is 3.16. The van der Waals surface area contributed by atoms with Crippen molar-refractivity contribution in [3.63, 3.8) is 0 Å². The normalized spacial score (nSPS) is 10.7. The number of benzene rings is 3. The SMILES string of the molecule is Nc1ccccc1Nc1ccccc1N=Nc1ccccc1. The lowest BCUT2D eigenvalue weighted by molar-refractivity contribution is 1.23. The maximum atomic E-state index is 5.97. The fraction of sp³-hybridized carbons (Fsp3) is 0. The van der Waals surface area contributed by atoms with E-state index >= 15 is 0 Å². The maximum absolute atomic E-state index is 5.97. The molecule has 0 heterocycles. The number of anilines is 3. The molecule has 0 radical (unpaired) electrons. The average molecular weight is 288 g/mol. The summed E-state index contributed by atoms with van der Waals surface area (Å²) in [5.74, 6) is 0. The van der Waals surface area contributed by atoms with Crippen molar-refractivity contribution in [2.24, 2.45) is 10.2 Å². The molecule has 0 aromatic heterocycles. The largest absolute Gasteiger partial charge is 0.397 e. The van der Waals surface area contributed by atoms with Gasteiger partial charge in [0.2, 0.25) is 0 Å². The smallest absolute Gasteiger partial charge is 0.109 e. The van der Waals surface area contributed by atoms with Gasteiger partial charge in [-0.15, -0.1) is 5.11 Å². The molecule has 3 N–H and O–H groups in total. The Labute approximate surface area is 129 Å². The third-order valence-corrected chi connectivity index (χ3v) is 3.16. The minimum absolute atomic E-state index is 0.692. The van der Waals surface area contributed by atoms with Gasteiger partial charge < -0.3 is 11.1 Å². The molecule has 4 nitrogen and oxygen atoms in total. The van der Waals surface area contributed by atoms with Crippen molar-refractivity contribution >= 4 is 28.4 Å². The summed E-state index contributed by atoms with van der Waals surface area (Å²) >= 11 is 0. The van der Waals surface area contributed by atoms with Crippen molar-refractivity contribution in [1.82, 2.24) is 0 Å². The van der Waals surface area contributed by atoms with E-state index in [-0.39, 0.29) is 0 Å². The van der Waals surface area contributed by atoms with Gasteiger partial charge >= 0.3 is 0 Å². The van der Waals surface area contributed by atoms with Crippen LogP contribution in [0.15, 0.2) is 89.1 Å². The first kappa shape index (κ1) is 13.8. The van der Waals surface area contributed by atoms with E-state index < -0.39 is 0 Å². The Morgan fingerprint density at radius 2 is 1.27 bits per heavy atom. The molecule has 3 rings (SSSR count). The van der Waals surface area contributed by atoms with Gasteiger partial charge in [-0.05, 0) is 36.4 Å². The van der Waals surface area contributed by atoms with Crippen LogP contribution in [-0.4, -0.2) is 0 Å². The Bertz CT molecular complexity index is 782. The molecule has 0 aliphatic carbocycles. The Morgan fingerprint density at radius 3 is 2.05 bits per heavy atom. The van der Waals surface area contributed by atoms with E-state index in [9.17, 15) is 0 Å². The van der Waals surface area contributed by atoms with Gasteiger partial charge in [-0.25, -0.2) is 0 Å². The summed E-state index contributed by atoms with van der Waals surface area (Å²) in [5, 5.41) is 11.9. The molecule has 0 spiro atoms. The van der Waals surface area contributed by atoms with Gasteiger partial charge in [0.15, 0.2) is 0 Å². The first-order chi connectivity index (χ1) is 10.8. The molecule has 0 aliphatic heterocycles. The second-order valence-corrected chi connectivity index (χ2v) is 4.76. The number of rotatable bonds is 4. The molecule has 0 aliphatic rings. The van der Waals surface area contributed by atoms with Crippen molar-refractivity contribution in [2.45, 2.75) is 0 Å². The van der Waals surface area contributed by atoms with Gasteiger partial charge in [-0.1, -0.05) is 42.5 Å². The summed E-state index contributed by atoms with van der Waals surface area (Å²) in [4.78, 5) is 0. The third kappa shape index (κ3) is 3.30. The molecule has 0 saturated heterocycles. The molecule has 0 bridgehead atoms. The first-order valence-corrected chi connectivity index (χ1v) is 7.00. The second kappa shape index (κ2) is 6.54. The van der Waals surface area contributed by atoms with E-state index in [4.69, 9.17) is 5.73 Å². The van der Waals surface area contributed by atoms with Crippen molar-refractivity contribution < 1.29 is 0 Å². The summed E-state index contributed by atoms with van der Waals surface area (Å²) in [6.45, 7) is 0. The van der Waals surface area contributed by atoms with E-state index in [1.165, 1.54) is 0 Å². The summed E-state index contributed by atoms with van der Waals surface area (Å²) < 4.78 is 0. The number of azo groups is 1. The molecular formula is C18H16N4. The van der Waals surface area contributed by atoms with Crippen LogP contribution in [0, 0.1) is 0 Å². The average Bonchev–Trinajstić information content (AvgIpc) is 2.57. The Hall–Kier alpha value is -3.14. The van der Waals surface area contributed by atoms with E-state index in [0.29, 0.717) is 5.69 Å². The highest BCUT2D eigenvalue weighted by Crippen LogP contribution is 2.31.